The van der Waals surface area contributed by atoms with Crippen LogP contribution in [0.15, 0.2) is 54.6 Å². The van der Waals surface area contributed by atoms with E-state index in [4.69, 9.17) is 0 Å². The number of halogens is 1. The van der Waals surface area contributed by atoms with Gasteiger partial charge in [-0.1, -0.05) is 42.5 Å². The Hall–Kier alpha value is -2.20. The Balaban J connectivity index is 1.81. The van der Waals surface area contributed by atoms with E-state index in [1.54, 1.807) is 12.1 Å². The van der Waals surface area contributed by atoms with Gasteiger partial charge >= 0.3 is 0 Å². The third-order valence-corrected chi connectivity index (χ3v) is 4.07. The second-order valence-corrected chi connectivity index (χ2v) is 6.14. The Bertz CT molecular complexity index is 653. The minimum absolute atomic E-state index is 0.0162. The molecule has 0 bridgehead atoms. The highest BCUT2D eigenvalue weighted by Crippen LogP contribution is 2.25. The fourth-order valence-corrected chi connectivity index (χ4v) is 2.72. The number of hydrogen-bond donors (Lipinski definition) is 1. The number of carbonyl (C=O) groups excluding carboxylic acids is 1. The van der Waals surface area contributed by atoms with Gasteiger partial charge in [0.15, 0.2) is 0 Å². The van der Waals surface area contributed by atoms with Crippen molar-refractivity contribution in [3.8, 4) is 0 Å². The number of rotatable bonds is 6. The first-order valence-corrected chi connectivity index (χ1v) is 7.93. The zero-order valence-corrected chi connectivity index (χ0v) is 13.2. The Morgan fingerprint density at radius 1 is 1.17 bits per heavy atom. The van der Waals surface area contributed by atoms with E-state index in [1.807, 2.05) is 42.3 Å². The summed E-state index contributed by atoms with van der Waals surface area (Å²) in [5, 5.41) is 3.06. The lowest BCUT2D eigenvalue weighted by Gasteiger charge is -2.27. The molecule has 0 aromatic heterocycles. The Kier molecular flexibility index (Phi) is 4.72. The smallest absolute Gasteiger partial charge is 0.242 e. The molecule has 4 heteroatoms. The van der Waals surface area contributed by atoms with Gasteiger partial charge in [0.1, 0.15) is 11.9 Å². The Morgan fingerprint density at radius 3 is 2.43 bits per heavy atom. The van der Waals surface area contributed by atoms with Gasteiger partial charge in [-0.05, 0) is 43.1 Å². The second-order valence-electron chi connectivity index (χ2n) is 6.14. The molecule has 1 fully saturated rings. The highest BCUT2D eigenvalue weighted by Gasteiger charge is 2.30. The molecular formula is C19H21FN2O. The van der Waals surface area contributed by atoms with Crippen LogP contribution in [0.5, 0.6) is 0 Å². The summed E-state index contributed by atoms with van der Waals surface area (Å²) in [4.78, 5) is 14.7. The van der Waals surface area contributed by atoms with Gasteiger partial charge in [0.05, 0.1) is 0 Å². The summed E-state index contributed by atoms with van der Waals surface area (Å²) >= 11 is 0. The maximum Gasteiger partial charge on any atom is 0.242 e. The second kappa shape index (κ2) is 6.92. The van der Waals surface area contributed by atoms with E-state index in [2.05, 4.69) is 5.32 Å². The predicted octanol–water partition coefficient (Wildman–Crippen LogP) is 3.28. The van der Waals surface area contributed by atoms with Crippen LogP contribution in [0.3, 0.4) is 0 Å². The van der Waals surface area contributed by atoms with E-state index in [1.165, 1.54) is 12.1 Å². The molecule has 0 aliphatic heterocycles. The van der Waals surface area contributed by atoms with E-state index in [9.17, 15) is 9.18 Å². The van der Waals surface area contributed by atoms with E-state index < -0.39 is 6.04 Å². The van der Waals surface area contributed by atoms with Crippen molar-refractivity contribution in [2.75, 3.05) is 7.05 Å². The van der Waals surface area contributed by atoms with Crippen LogP contribution in [0.2, 0.25) is 0 Å². The first-order chi connectivity index (χ1) is 11.1. The van der Waals surface area contributed by atoms with Crippen LogP contribution in [0.1, 0.15) is 30.0 Å². The van der Waals surface area contributed by atoms with Crippen LogP contribution in [0, 0.1) is 5.82 Å². The fraction of sp³-hybridized carbons (Fsp3) is 0.316. The van der Waals surface area contributed by atoms with Gasteiger partial charge in [-0.2, -0.15) is 0 Å². The number of hydrogen-bond acceptors (Lipinski definition) is 2. The van der Waals surface area contributed by atoms with Gasteiger partial charge < -0.3 is 5.32 Å². The zero-order chi connectivity index (χ0) is 16.2. The summed E-state index contributed by atoms with van der Waals surface area (Å²) in [6.45, 7) is 0.654. The monoisotopic (exact) mass is 312 g/mol. The maximum atomic E-state index is 13.2. The number of amides is 1. The molecule has 0 heterocycles. The van der Waals surface area contributed by atoms with Crippen molar-refractivity contribution < 1.29 is 9.18 Å². The van der Waals surface area contributed by atoms with Crippen LogP contribution in [-0.2, 0) is 11.3 Å². The van der Waals surface area contributed by atoms with Gasteiger partial charge in [-0.3, -0.25) is 9.69 Å². The van der Waals surface area contributed by atoms with Gasteiger partial charge in [-0.25, -0.2) is 4.39 Å². The molecule has 1 aliphatic rings. The molecule has 0 radical (unpaired) electrons. The lowest BCUT2D eigenvalue weighted by atomic mass is 10.0. The van der Waals surface area contributed by atoms with Crippen molar-refractivity contribution in [1.82, 2.24) is 10.2 Å². The number of carbonyl (C=O) groups is 1. The molecule has 1 saturated carbocycles. The van der Waals surface area contributed by atoms with Gasteiger partial charge in [0.25, 0.3) is 0 Å². The number of likely N-dealkylation sites (N-methyl/N-ethyl adjacent to an activating group) is 1. The first kappa shape index (κ1) is 15.7. The third-order valence-electron chi connectivity index (χ3n) is 4.07. The van der Waals surface area contributed by atoms with Crippen molar-refractivity contribution in [2.24, 2.45) is 0 Å². The minimum atomic E-state index is -0.420. The lowest BCUT2D eigenvalue weighted by molar-refractivity contribution is -0.126. The molecule has 1 N–H and O–H groups in total. The van der Waals surface area contributed by atoms with Gasteiger partial charge in [0.2, 0.25) is 5.91 Å². The van der Waals surface area contributed by atoms with E-state index in [0.717, 1.165) is 24.0 Å². The van der Waals surface area contributed by atoms with Crippen LogP contribution < -0.4 is 5.32 Å². The molecule has 3 nitrogen and oxygen atoms in total. The molecule has 1 amide bonds. The molecule has 0 spiro atoms. The zero-order valence-electron chi connectivity index (χ0n) is 13.2. The highest BCUT2D eigenvalue weighted by molar-refractivity contribution is 5.83. The molecule has 1 atom stereocenters. The largest absolute Gasteiger partial charge is 0.352 e. The van der Waals surface area contributed by atoms with Crippen molar-refractivity contribution in [1.29, 1.82) is 0 Å². The van der Waals surface area contributed by atoms with Crippen LogP contribution in [-0.4, -0.2) is 23.9 Å². The van der Waals surface area contributed by atoms with Gasteiger partial charge in [-0.15, -0.1) is 0 Å². The summed E-state index contributed by atoms with van der Waals surface area (Å²) < 4.78 is 13.2. The minimum Gasteiger partial charge on any atom is -0.352 e. The average Bonchev–Trinajstić information content (AvgIpc) is 3.34. The van der Waals surface area contributed by atoms with Gasteiger partial charge in [0, 0.05) is 12.6 Å². The third kappa shape index (κ3) is 4.17. The summed E-state index contributed by atoms with van der Waals surface area (Å²) in [7, 11) is 1.92. The summed E-state index contributed by atoms with van der Waals surface area (Å²) in [6, 6.07) is 16.1. The molecule has 120 valence electrons. The Labute approximate surface area is 136 Å². The highest BCUT2D eigenvalue weighted by atomic mass is 19.1. The average molecular weight is 312 g/mol. The van der Waals surface area contributed by atoms with E-state index in [0.29, 0.717) is 12.6 Å². The summed E-state index contributed by atoms with van der Waals surface area (Å²) in [5.41, 5.74) is 1.95. The molecule has 23 heavy (non-hydrogen) atoms. The van der Waals surface area contributed by atoms with Crippen molar-refractivity contribution in [2.45, 2.75) is 31.5 Å². The molecule has 2 aromatic rings. The molecule has 3 rings (SSSR count). The van der Waals surface area contributed by atoms with Crippen molar-refractivity contribution in [3.05, 3.63) is 71.5 Å². The summed E-state index contributed by atoms with van der Waals surface area (Å²) in [6.07, 6.45) is 2.09. The molecule has 1 aliphatic carbocycles. The molecule has 0 saturated heterocycles. The first-order valence-electron chi connectivity index (χ1n) is 7.93. The van der Waals surface area contributed by atoms with E-state index in [-0.39, 0.29) is 11.7 Å². The standard InChI is InChI=1S/C19H21FN2O/c1-22(13-14-5-3-2-4-6-14)18(19(23)21-17-11-12-17)15-7-9-16(20)10-8-15/h2-10,17-18H,11-13H2,1H3,(H,21,23)/t18-/m1/s1. The fourth-order valence-electron chi connectivity index (χ4n) is 2.72. The van der Waals surface area contributed by atoms with Crippen molar-refractivity contribution in [3.63, 3.8) is 0 Å². The lowest BCUT2D eigenvalue weighted by Crippen LogP contribution is -2.39. The molecular weight excluding hydrogens is 291 g/mol. The Morgan fingerprint density at radius 2 is 1.83 bits per heavy atom. The number of nitrogens with zero attached hydrogens (tertiary/aromatic N) is 1. The van der Waals surface area contributed by atoms with E-state index >= 15 is 0 Å². The molecule has 2 aromatic carbocycles. The predicted molar refractivity (Wildman–Crippen MR) is 88.2 cm³/mol. The summed E-state index contributed by atoms with van der Waals surface area (Å²) in [5.74, 6) is -0.307. The van der Waals surface area contributed by atoms with Crippen LogP contribution >= 0.6 is 0 Å². The SMILES string of the molecule is CN(Cc1ccccc1)[C@@H](C(=O)NC1CC1)c1ccc(F)cc1. The number of benzene rings is 2. The topological polar surface area (TPSA) is 32.3 Å². The maximum absolute atomic E-state index is 13.2. The van der Waals surface area contributed by atoms with Crippen LogP contribution in [0.4, 0.5) is 4.39 Å². The van der Waals surface area contributed by atoms with Crippen molar-refractivity contribution >= 4 is 5.91 Å². The quantitative estimate of drug-likeness (QED) is 0.888. The van der Waals surface area contributed by atoms with Crippen LogP contribution in [0.25, 0.3) is 0 Å². The molecule has 0 unspecified atom stereocenters. The number of nitrogens with one attached hydrogen (secondary N) is 1. The normalized spacial score (nSPS) is 15.4.